The average Bonchev–Trinajstić information content (AvgIpc) is 2.90. The second-order valence-corrected chi connectivity index (χ2v) is 10.4. The highest BCUT2D eigenvalue weighted by atomic mass is 16.2. The number of carbonyl (C=O) groups is 1. The van der Waals surface area contributed by atoms with E-state index in [1.54, 1.807) is 6.20 Å². The Morgan fingerprint density at radius 3 is 2.29 bits per heavy atom. The lowest BCUT2D eigenvalue weighted by Gasteiger charge is -2.35. The molecule has 3 heterocycles. The maximum atomic E-state index is 13.6. The topological polar surface area (TPSA) is 49.3 Å². The standard InChI is InChI=1S/C30H36N4O/c1-22-8-10-26(11-9-22)28-31-21-27(30(35)34-16-12-23(2)13-17-34)29(32-28)33-18-14-25(15-19-33)20-24-6-4-3-5-7-24/h3-11,21,23,25H,12-20H2,1-2H3. The molecule has 0 bridgehead atoms. The fraction of sp³-hybridized carbons (Fsp3) is 0.433. The largest absolute Gasteiger partial charge is 0.356 e. The smallest absolute Gasteiger partial charge is 0.259 e. The molecule has 0 atom stereocenters. The first kappa shape index (κ1) is 23.5. The van der Waals surface area contributed by atoms with Gasteiger partial charge in [-0.2, -0.15) is 0 Å². The lowest BCUT2D eigenvalue weighted by molar-refractivity contribution is 0.0697. The minimum Gasteiger partial charge on any atom is -0.356 e. The molecule has 35 heavy (non-hydrogen) atoms. The van der Waals surface area contributed by atoms with Crippen molar-refractivity contribution in [1.82, 2.24) is 14.9 Å². The number of rotatable bonds is 5. The molecule has 0 radical (unpaired) electrons. The van der Waals surface area contributed by atoms with E-state index in [2.05, 4.69) is 78.3 Å². The summed E-state index contributed by atoms with van der Waals surface area (Å²) in [5.74, 6) is 2.92. The summed E-state index contributed by atoms with van der Waals surface area (Å²) in [6, 6.07) is 19.1. The molecular formula is C30H36N4O. The maximum Gasteiger partial charge on any atom is 0.259 e. The number of amides is 1. The normalized spacial score (nSPS) is 17.5. The summed E-state index contributed by atoms with van der Waals surface area (Å²) in [6.45, 7) is 7.82. The Bertz CT molecular complexity index is 1130. The summed E-state index contributed by atoms with van der Waals surface area (Å²) in [5.41, 5.74) is 4.25. The van der Waals surface area contributed by atoms with Gasteiger partial charge in [0.1, 0.15) is 11.4 Å². The number of hydrogen-bond acceptors (Lipinski definition) is 4. The van der Waals surface area contributed by atoms with Gasteiger partial charge < -0.3 is 9.80 Å². The van der Waals surface area contributed by atoms with Crippen LogP contribution in [0.2, 0.25) is 0 Å². The van der Waals surface area contributed by atoms with Crippen molar-refractivity contribution in [2.45, 2.75) is 46.0 Å². The summed E-state index contributed by atoms with van der Waals surface area (Å²) in [6.07, 6.45) is 7.22. The molecule has 1 amide bonds. The van der Waals surface area contributed by atoms with Crippen LogP contribution in [0.1, 0.15) is 54.1 Å². The average molecular weight is 469 g/mol. The van der Waals surface area contributed by atoms with E-state index < -0.39 is 0 Å². The third-order valence-corrected chi connectivity index (χ3v) is 7.66. The van der Waals surface area contributed by atoms with Crippen LogP contribution in [-0.2, 0) is 6.42 Å². The minimum absolute atomic E-state index is 0.0776. The van der Waals surface area contributed by atoms with Gasteiger partial charge in [0.15, 0.2) is 5.82 Å². The first-order chi connectivity index (χ1) is 17.1. The van der Waals surface area contributed by atoms with Crippen molar-refractivity contribution in [3.8, 4) is 11.4 Å². The van der Waals surface area contributed by atoms with Crippen molar-refractivity contribution in [1.29, 1.82) is 0 Å². The van der Waals surface area contributed by atoms with Gasteiger partial charge in [-0.15, -0.1) is 0 Å². The van der Waals surface area contributed by atoms with Crippen LogP contribution in [-0.4, -0.2) is 47.0 Å². The van der Waals surface area contributed by atoms with E-state index in [0.717, 1.165) is 69.7 Å². The van der Waals surface area contributed by atoms with Gasteiger partial charge in [0.2, 0.25) is 0 Å². The quantitative estimate of drug-likeness (QED) is 0.476. The van der Waals surface area contributed by atoms with Crippen molar-refractivity contribution in [3.63, 3.8) is 0 Å². The van der Waals surface area contributed by atoms with Gasteiger partial charge in [0.05, 0.1) is 0 Å². The molecule has 2 aliphatic rings. The highest BCUT2D eigenvalue weighted by molar-refractivity contribution is 5.99. The Kier molecular flexibility index (Phi) is 7.12. The number of nitrogens with zero attached hydrogens (tertiary/aromatic N) is 4. The molecule has 0 aliphatic carbocycles. The number of benzene rings is 2. The Labute approximate surface area is 209 Å². The predicted molar refractivity (Wildman–Crippen MR) is 142 cm³/mol. The molecule has 0 N–H and O–H groups in total. The number of aromatic nitrogens is 2. The zero-order valence-corrected chi connectivity index (χ0v) is 21.0. The van der Waals surface area contributed by atoms with Crippen molar-refractivity contribution >= 4 is 11.7 Å². The summed E-state index contributed by atoms with van der Waals surface area (Å²) >= 11 is 0. The number of anilines is 1. The Balaban J connectivity index is 1.39. The molecule has 3 aromatic rings. The van der Waals surface area contributed by atoms with Crippen molar-refractivity contribution < 1.29 is 4.79 Å². The van der Waals surface area contributed by atoms with Crippen LogP contribution in [0, 0.1) is 18.8 Å². The molecule has 2 aliphatic heterocycles. The van der Waals surface area contributed by atoms with Crippen LogP contribution in [0.5, 0.6) is 0 Å². The second-order valence-electron chi connectivity index (χ2n) is 10.4. The SMILES string of the molecule is Cc1ccc(-c2ncc(C(=O)N3CCC(C)CC3)c(N3CCC(Cc4ccccc4)CC3)n2)cc1. The Morgan fingerprint density at radius 2 is 1.60 bits per heavy atom. The summed E-state index contributed by atoms with van der Waals surface area (Å²) < 4.78 is 0. The Morgan fingerprint density at radius 1 is 0.914 bits per heavy atom. The van der Waals surface area contributed by atoms with E-state index in [0.29, 0.717) is 23.2 Å². The van der Waals surface area contributed by atoms with E-state index >= 15 is 0 Å². The zero-order valence-electron chi connectivity index (χ0n) is 21.0. The first-order valence-corrected chi connectivity index (χ1v) is 13.1. The lowest BCUT2D eigenvalue weighted by Crippen LogP contribution is -2.40. The number of hydrogen-bond donors (Lipinski definition) is 0. The van der Waals surface area contributed by atoms with Gasteiger partial charge in [-0.3, -0.25) is 4.79 Å². The van der Waals surface area contributed by atoms with Crippen LogP contribution >= 0.6 is 0 Å². The number of aryl methyl sites for hydroxylation is 1. The number of likely N-dealkylation sites (tertiary alicyclic amines) is 1. The molecule has 5 rings (SSSR count). The fourth-order valence-corrected chi connectivity index (χ4v) is 5.28. The van der Waals surface area contributed by atoms with Crippen molar-refractivity contribution in [2.75, 3.05) is 31.1 Å². The molecule has 5 nitrogen and oxygen atoms in total. The van der Waals surface area contributed by atoms with E-state index in [1.807, 2.05) is 4.90 Å². The minimum atomic E-state index is 0.0776. The van der Waals surface area contributed by atoms with Gasteiger partial charge in [-0.1, -0.05) is 67.1 Å². The molecule has 2 saturated heterocycles. The zero-order chi connectivity index (χ0) is 24.2. The van der Waals surface area contributed by atoms with Crippen LogP contribution in [0.25, 0.3) is 11.4 Å². The summed E-state index contributed by atoms with van der Waals surface area (Å²) in [7, 11) is 0. The molecule has 182 valence electrons. The highest BCUT2D eigenvalue weighted by Crippen LogP contribution is 2.30. The van der Waals surface area contributed by atoms with Crippen LogP contribution in [0.15, 0.2) is 60.8 Å². The number of carbonyl (C=O) groups excluding carboxylic acids is 1. The number of piperidine rings is 2. The highest BCUT2D eigenvalue weighted by Gasteiger charge is 2.29. The van der Waals surface area contributed by atoms with Crippen LogP contribution in [0.4, 0.5) is 5.82 Å². The third kappa shape index (κ3) is 5.55. The molecule has 0 unspecified atom stereocenters. The summed E-state index contributed by atoms with van der Waals surface area (Å²) in [4.78, 5) is 27.6. The maximum absolute atomic E-state index is 13.6. The molecular weight excluding hydrogens is 432 g/mol. The molecule has 2 aromatic carbocycles. The van der Waals surface area contributed by atoms with Gasteiger partial charge in [-0.25, -0.2) is 9.97 Å². The molecule has 1 aromatic heterocycles. The molecule has 0 spiro atoms. The van der Waals surface area contributed by atoms with E-state index in [1.165, 1.54) is 11.1 Å². The predicted octanol–water partition coefficient (Wildman–Crippen LogP) is 5.78. The molecule has 2 fully saturated rings. The van der Waals surface area contributed by atoms with E-state index in [-0.39, 0.29) is 5.91 Å². The second kappa shape index (κ2) is 10.6. The van der Waals surface area contributed by atoms with Gasteiger partial charge >= 0.3 is 0 Å². The summed E-state index contributed by atoms with van der Waals surface area (Å²) in [5, 5.41) is 0. The first-order valence-electron chi connectivity index (χ1n) is 13.1. The lowest BCUT2D eigenvalue weighted by atomic mass is 9.90. The molecule has 5 heteroatoms. The Hall–Kier alpha value is -3.21. The molecule has 0 saturated carbocycles. The monoisotopic (exact) mass is 468 g/mol. The van der Waals surface area contributed by atoms with Crippen LogP contribution in [0.3, 0.4) is 0 Å². The fourth-order valence-electron chi connectivity index (χ4n) is 5.28. The third-order valence-electron chi connectivity index (χ3n) is 7.66. The van der Waals surface area contributed by atoms with Crippen molar-refractivity contribution in [3.05, 3.63) is 77.5 Å². The van der Waals surface area contributed by atoms with Gasteiger partial charge in [0, 0.05) is 37.9 Å². The van der Waals surface area contributed by atoms with Crippen LogP contribution < -0.4 is 4.90 Å². The van der Waals surface area contributed by atoms with Gasteiger partial charge in [0.25, 0.3) is 5.91 Å². The van der Waals surface area contributed by atoms with Crippen molar-refractivity contribution in [2.24, 2.45) is 11.8 Å². The van der Waals surface area contributed by atoms with E-state index in [4.69, 9.17) is 4.98 Å². The van der Waals surface area contributed by atoms with E-state index in [9.17, 15) is 4.79 Å². The van der Waals surface area contributed by atoms with Gasteiger partial charge in [-0.05, 0) is 56.4 Å².